The first-order chi connectivity index (χ1) is 14.7. The molecule has 6 rings (SSSR count). The van der Waals surface area contributed by atoms with Gasteiger partial charge in [0, 0.05) is 44.2 Å². The second kappa shape index (κ2) is 7.13. The molecule has 1 aliphatic carbocycles. The number of para-hydroxylation sites is 1. The summed E-state index contributed by atoms with van der Waals surface area (Å²) in [6, 6.07) is 16.3. The topological polar surface area (TPSA) is 45.7 Å². The molecule has 3 aromatic rings. The van der Waals surface area contributed by atoms with Crippen LogP contribution in [-0.4, -0.2) is 40.3 Å². The Morgan fingerprint density at radius 3 is 2.70 bits per heavy atom. The lowest BCUT2D eigenvalue weighted by atomic mass is 10.1. The highest BCUT2D eigenvalue weighted by molar-refractivity contribution is 7.20. The Balaban J connectivity index is 1.07. The van der Waals surface area contributed by atoms with E-state index < -0.39 is 0 Å². The molecular formula is C24H23N3O2S. The summed E-state index contributed by atoms with van der Waals surface area (Å²) in [4.78, 5) is 21.3. The average Bonchev–Trinajstić information content (AvgIpc) is 3.24. The van der Waals surface area contributed by atoms with Gasteiger partial charge in [0.25, 0.3) is 5.19 Å². The van der Waals surface area contributed by atoms with Crippen LogP contribution >= 0.6 is 11.3 Å². The van der Waals surface area contributed by atoms with Gasteiger partial charge < -0.3 is 14.5 Å². The summed E-state index contributed by atoms with van der Waals surface area (Å²) in [7, 11) is 0. The van der Waals surface area contributed by atoms with Crippen molar-refractivity contribution in [1.29, 1.82) is 0 Å². The van der Waals surface area contributed by atoms with Crippen molar-refractivity contribution in [2.24, 2.45) is 11.8 Å². The lowest BCUT2D eigenvalue weighted by molar-refractivity contribution is -0.131. The van der Waals surface area contributed by atoms with Crippen LogP contribution in [0.25, 0.3) is 10.2 Å². The number of carbonyl (C=O) groups is 1. The molecule has 6 heteroatoms. The fourth-order valence-corrected chi connectivity index (χ4v) is 5.28. The maximum absolute atomic E-state index is 12.3. The van der Waals surface area contributed by atoms with Crippen molar-refractivity contribution >= 4 is 27.5 Å². The molecule has 1 unspecified atom stereocenters. The number of likely N-dealkylation sites (tertiary alicyclic amines) is 1. The Hall–Kier alpha value is -2.86. The molecule has 0 N–H and O–H groups in total. The highest BCUT2D eigenvalue weighted by Gasteiger charge is 2.40. The molecular weight excluding hydrogens is 394 g/mol. The summed E-state index contributed by atoms with van der Waals surface area (Å²) in [5.74, 6) is 2.02. The third kappa shape index (κ3) is 3.45. The number of rotatable bonds is 5. The standard InChI is InChI=1S/C24H23N3O2S/c28-23(17-7-8-17)27-14-18-12-26(13-19(18)15-27)11-16-5-9-20(10-6-16)29-24-25-21-3-1-2-4-22(21)30-24/h1-6,9-10,12,17,19H,7-8,11,13-15H2. The predicted molar refractivity (Wildman–Crippen MR) is 117 cm³/mol. The van der Waals surface area contributed by atoms with Gasteiger partial charge in [-0.1, -0.05) is 35.6 Å². The minimum atomic E-state index is 0.323. The number of nitrogens with zero attached hydrogens (tertiary/aromatic N) is 3. The number of aromatic nitrogens is 1. The van der Waals surface area contributed by atoms with Crippen LogP contribution in [-0.2, 0) is 11.3 Å². The Bertz CT molecular complexity index is 1100. The Morgan fingerprint density at radius 2 is 1.93 bits per heavy atom. The molecule has 0 radical (unpaired) electrons. The van der Waals surface area contributed by atoms with Gasteiger partial charge in [-0.25, -0.2) is 4.98 Å². The molecule has 5 nitrogen and oxygen atoms in total. The number of amides is 1. The van der Waals surface area contributed by atoms with E-state index in [0.717, 1.165) is 55.0 Å². The molecule has 0 spiro atoms. The van der Waals surface area contributed by atoms with E-state index >= 15 is 0 Å². The molecule has 1 saturated heterocycles. The summed E-state index contributed by atoms with van der Waals surface area (Å²) in [5, 5.41) is 0.673. The second-order valence-corrected chi connectivity index (χ2v) is 9.51. The first kappa shape index (κ1) is 18.0. The molecule has 3 heterocycles. The average molecular weight is 418 g/mol. The number of hydrogen-bond donors (Lipinski definition) is 0. The van der Waals surface area contributed by atoms with Crippen molar-refractivity contribution in [3.8, 4) is 10.9 Å². The van der Waals surface area contributed by atoms with E-state index in [1.807, 2.05) is 30.3 Å². The van der Waals surface area contributed by atoms with Gasteiger partial charge in [-0.15, -0.1) is 0 Å². The summed E-state index contributed by atoms with van der Waals surface area (Å²) in [5.41, 5.74) is 3.65. The molecule has 0 bridgehead atoms. The third-order valence-corrected chi connectivity index (χ3v) is 7.08. The van der Waals surface area contributed by atoms with E-state index in [-0.39, 0.29) is 0 Å². The van der Waals surface area contributed by atoms with E-state index in [0.29, 0.717) is 22.9 Å². The van der Waals surface area contributed by atoms with Gasteiger partial charge in [0.15, 0.2) is 0 Å². The zero-order valence-corrected chi connectivity index (χ0v) is 17.5. The van der Waals surface area contributed by atoms with Crippen LogP contribution in [0, 0.1) is 11.8 Å². The number of carbonyl (C=O) groups excluding carboxylic acids is 1. The predicted octanol–water partition coefficient (Wildman–Crippen LogP) is 4.66. The quantitative estimate of drug-likeness (QED) is 0.606. The minimum absolute atomic E-state index is 0.323. The van der Waals surface area contributed by atoms with E-state index in [9.17, 15) is 4.79 Å². The van der Waals surface area contributed by atoms with Gasteiger partial charge in [-0.2, -0.15) is 0 Å². The fourth-order valence-electron chi connectivity index (χ4n) is 4.45. The number of hydrogen-bond acceptors (Lipinski definition) is 5. The number of benzene rings is 2. The van der Waals surface area contributed by atoms with Gasteiger partial charge in [-0.3, -0.25) is 4.79 Å². The lowest BCUT2D eigenvalue weighted by Crippen LogP contribution is -2.32. The van der Waals surface area contributed by atoms with Crippen molar-refractivity contribution in [3.63, 3.8) is 0 Å². The summed E-state index contributed by atoms with van der Waals surface area (Å²) in [6.07, 6.45) is 4.45. The summed E-state index contributed by atoms with van der Waals surface area (Å²) in [6.45, 7) is 3.61. The molecule has 1 amide bonds. The maximum atomic E-state index is 12.3. The minimum Gasteiger partial charge on any atom is -0.431 e. The van der Waals surface area contributed by atoms with Crippen LogP contribution in [0.15, 0.2) is 60.3 Å². The second-order valence-electron chi connectivity index (χ2n) is 8.52. The van der Waals surface area contributed by atoms with Gasteiger partial charge >= 0.3 is 0 Å². The molecule has 2 aromatic carbocycles. The summed E-state index contributed by atoms with van der Waals surface area (Å²) < 4.78 is 7.09. The van der Waals surface area contributed by atoms with Gasteiger partial charge in [0.2, 0.25) is 5.91 Å². The van der Waals surface area contributed by atoms with Crippen molar-refractivity contribution in [3.05, 3.63) is 65.9 Å². The maximum Gasteiger partial charge on any atom is 0.279 e. The van der Waals surface area contributed by atoms with Crippen LogP contribution in [0.3, 0.4) is 0 Å². The fraction of sp³-hybridized carbons (Fsp3) is 0.333. The van der Waals surface area contributed by atoms with Crippen LogP contribution in [0.5, 0.6) is 10.9 Å². The van der Waals surface area contributed by atoms with Crippen LogP contribution in [0.1, 0.15) is 18.4 Å². The largest absolute Gasteiger partial charge is 0.431 e. The van der Waals surface area contributed by atoms with Crippen molar-refractivity contribution < 1.29 is 9.53 Å². The normalized spacial score (nSPS) is 20.5. The zero-order valence-electron chi connectivity index (χ0n) is 16.7. The molecule has 1 aromatic heterocycles. The van der Waals surface area contributed by atoms with Gasteiger partial charge in [0.05, 0.1) is 10.2 Å². The van der Waals surface area contributed by atoms with Gasteiger partial charge in [-0.05, 0) is 48.2 Å². The highest BCUT2D eigenvalue weighted by atomic mass is 32.1. The highest BCUT2D eigenvalue weighted by Crippen LogP contribution is 2.36. The van der Waals surface area contributed by atoms with E-state index in [1.165, 1.54) is 11.1 Å². The van der Waals surface area contributed by atoms with Crippen molar-refractivity contribution in [2.45, 2.75) is 19.4 Å². The van der Waals surface area contributed by atoms with E-state index in [4.69, 9.17) is 4.74 Å². The lowest BCUT2D eigenvalue weighted by Gasteiger charge is -2.21. The number of thiazole rings is 1. The smallest absolute Gasteiger partial charge is 0.279 e. The van der Waals surface area contributed by atoms with Gasteiger partial charge in [0.1, 0.15) is 5.75 Å². The number of ether oxygens (including phenoxy) is 1. The van der Waals surface area contributed by atoms with Crippen molar-refractivity contribution in [1.82, 2.24) is 14.8 Å². The van der Waals surface area contributed by atoms with Crippen LogP contribution in [0.2, 0.25) is 0 Å². The van der Waals surface area contributed by atoms with Crippen LogP contribution in [0.4, 0.5) is 0 Å². The Kier molecular flexibility index (Phi) is 4.27. The molecule has 152 valence electrons. The first-order valence-corrected chi connectivity index (χ1v) is 11.4. The third-order valence-electron chi connectivity index (χ3n) is 6.17. The zero-order chi connectivity index (χ0) is 20.1. The van der Waals surface area contributed by atoms with E-state index in [1.54, 1.807) is 11.3 Å². The molecule has 2 aliphatic heterocycles. The van der Waals surface area contributed by atoms with Crippen LogP contribution < -0.4 is 4.74 Å². The first-order valence-electron chi connectivity index (χ1n) is 10.6. The Labute approximate surface area is 179 Å². The molecule has 30 heavy (non-hydrogen) atoms. The SMILES string of the molecule is O=C(C1CC1)N1CC2=CN(Cc3ccc(Oc4nc5ccccc5s4)cc3)CC2C1. The molecule has 3 aliphatic rings. The van der Waals surface area contributed by atoms with E-state index in [2.05, 4.69) is 39.2 Å². The molecule has 1 saturated carbocycles. The summed E-state index contributed by atoms with van der Waals surface area (Å²) >= 11 is 1.56. The Morgan fingerprint density at radius 1 is 1.10 bits per heavy atom. The molecule has 1 atom stereocenters. The van der Waals surface area contributed by atoms with Crippen molar-refractivity contribution in [2.75, 3.05) is 19.6 Å². The monoisotopic (exact) mass is 417 g/mol. The molecule has 2 fully saturated rings. The number of fused-ring (bicyclic) bond motifs is 2.